The van der Waals surface area contributed by atoms with Gasteiger partial charge in [-0.2, -0.15) is 11.8 Å². The molecule has 5 heteroatoms. The van der Waals surface area contributed by atoms with Gasteiger partial charge in [-0.05, 0) is 35.9 Å². The van der Waals surface area contributed by atoms with Gasteiger partial charge in [0.25, 0.3) is 0 Å². The summed E-state index contributed by atoms with van der Waals surface area (Å²) in [4.78, 5) is 5.70. The second-order valence-corrected chi connectivity index (χ2v) is 8.00. The largest absolute Gasteiger partial charge is 0.388 e. The number of nitrogens with zero attached hydrogens (tertiary/aromatic N) is 1. The molecule has 1 aliphatic heterocycles. The molecule has 0 amide bonds. The normalized spacial score (nSPS) is 19.1. The van der Waals surface area contributed by atoms with Crippen LogP contribution in [0.3, 0.4) is 0 Å². The number of oxime groups is 1. The third-order valence-electron chi connectivity index (χ3n) is 4.72. The van der Waals surface area contributed by atoms with Crippen LogP contribution in [0.15, 0.2) is 65.8 Å². The maximum atomic E-state index is 13.8. The van der Waals surface area contributed by atoms with E-state index in [1.165, 1.54) is 35.3 Å². The zero-order valence-corrected chi connectivity index (χ0v) is 15.7. The number of hydrogen-bond acceptors (Lipinski definition) is 3. The molecule has 1 heterocycles. The van der Waals surface area contributed by atoms with E-state index in [0.29, 0.717) is 12.2 Å². The quantitative estimate of drug-likeness (QED) is 0.544. The Balaban J connectivity index is 1.41. The van der Waals surface area contributed by atoms with Gasteiger partial charge in [-0.25, -0.2) is 8.78 Å². The zero-order chi connectivity index (χ0) is 18.9. The highest BCUT2D eigenvalue weighted by Crippen LogP contribution is 2.32. The molecule has 0 saturated carbocycles. The van der Waals surface area contributed by atoms with Crippen LogP contribution < -0.4 is 0 Å². The molecule has 138 valence electrons. The van der Waals surface area contributed by atoms with Gasteiger partial charge in [0.1, 0.15) is 17.2 Å². The van der Waals surface area contributed by atoms with Gasteiger partial charge >= 0.3 is 0 Å². The average Bonchev–Trinajstić information content (AvgIpc) is 3.06. The van der Waals surface area contributed by atoms with Gasteiger partial charge in [0.15, 0.2) is 0 Å². The van der Waals surface area contributed by atoms with Crippen molar-refractivity contribution in [3.05, 3.63) is 83.4 Å². The third-order valence-corrected chi connectivity index (χ3v) is 6.02. The molecule has 0 bridgehead atoms. The molecule has 0 spiro atoms. The molecule has 0 N–H and O–H groups in total. The molecule has 0 radical (unpaired) electrons. The molecule has 0 saturated heterocycles. The highest BCUT2D eigenvalue weighted by molar-refractivity contribution is 7.98. The Labute approximate surface area is 161 Å². The van der Waals surface area contributed by atoms with Crippen LogP contribution in [0, 0.1) is 11.6 Å². The molecular weight excluding hydrogens is 364 g/mol. The number of thioether (sulfide) groups is 1. The van der Waals surface area contributed by atoms with Gasteiger partial charge in [-0.1, -0.05) is 47.6 Å². The SMILES string of the molecule is CC1(CSCc2c(F)cccc2F)CC(c2ccc3ccccc3c2)=NO1. The molecule has 4 rings (SSSR count). The van der Waals surface area contributed by atoms with E-state index >= 15 is 0 Å². The van der Waals surface area contributed by atoms with Crippen LogP contribution in [0.1, 0.15) is 24.5 Å². The lowest BCUT2D eigenvalue weighted by Gasteiger charge is -2.21. The number of benzene rings is 3. The number of hydrogen-bond donors (Lipinski definition) is 0. The van der Waals surface area contributed by atoms with E-state index in [0.717, 1.165) is 16.7 Å². The first-order valence-corrected chi connectivity index (χ1v) is 9.94. The average molecular weight is 383 g/mol. The van der Waals surface area contributed by atoms with Crippen LogP contribution in [0.25, 0.3) is 10.8 Å². The van der Waals surface area contributed by atoms with Crippen molar-refractivity contribution in [2.75, 3.05) is 5.75 Å². The standard InChI is InChI=1S/C22H19F2NOS/c1-22(14-27-13-18-19(23)7-4-8-20(18)24)12-21(25-26-22)17-10-9-15-5-2-3-6-16(15)11-17/h2-11H,12-14H2,1H3. The smallest absolute Gasteiger partial charge is 0.149 e. The first-order valence-electron chi connectivity index (χ1n) is 8.79. The highest BCUT2D eigenvalue weighted by atomic mass is 32.2. The molecular formula is C22H19F2NOS. The van der Waals surface area contributed by atoms with Crippen LogP contribution in [0.5, 0.6) is 0 Å². The lowest BCUT2D eigenvalue weighted by molar-refractivity contribution is 0.0163. The minimum absolute atomic E-state index is 0.111. The van der Waals surface area contributed by atoms with Crippen LogP contribution in [0.4, 0.5) is 8.78 Å². The predicted molar refractivity (Wildman–Crippen MR) is 107 cm³/mol. The van der Waals surface area contributed by atoms with Gasteiger partial charge in [0.2, 0.25) is 0 Å². The van der Waals surface area contributed by atoms with Crippen LogP contribution in [-0.4, -0.2) is 17.1 Å². The predicted octanol–water partition coefficient (Wildman–Crippen LogP) is 5.93. The van der Waals surface area contributed by atoms with E-state index in [-0.39, 0.29) is 11.3 Å². The summed E-state index contributed by atoms with van der Waals surface area (Å²) in [6.07, 6.45) is 0.665. The van der Waals surface area contributed by atoms with Crippen molar-refractivity contribution in [2.45, 2.75) is 24.7 Å². The van der Waals surface area contributed by atoms with Crippen molar-refractivity contribution in [1.29, 1.82) is 0 Å². The minimum Gasteiger partial charge on any atom is -0.388 e. The van der Waals surface area contributed by atoms with Gasteiger partial charge in [-0.15, -0.1) is 0 Å². The first-order chi connectivity index (χ1) is 13.0. The molecule has 0 aromatic heterocycles. The second-order valence-electron chi connectivity index (χ2n) is 7.01. The second kappa shape index (κ2) is 7.31. The van der Waals surface area contributed by atoms with Crippen molar-refractivity contribution in [3.8, 4) is 0 Å². The van der Waals surface area contributed by atoms with Gasteiger partial charge in [0.05, 0.1) is 5.71 Å². The van der Waals surface area contributed by atoms with Gasteiger partial charge in [-0.3, -0.25) is 0 Å². The van der Waals surface area contributed by atoms with Crippen molar-refractivity contribution < 1.29 is 13.6 Å². The van der Waals surface area contributed by atoms with Gasteiger partial charge in [0, 0.05) is 29.1 Å². The fraction of sp³-hybridized carbons (Fsp3) is 0.227. The summed E-state index contributed by atoms with van der Waals surface area (Å²) in [6, 6.07) is 18.4. The molecule has 1 unspecified atom stereocenters. The number of rotatable bonds is 5. The lowest BCUT2D eigenvalue weighted by atomic mass is 9.96. The summed E-state index contributed by atoms with van der Waals surface area (Å²) in [5.41, 5.74) is 1.58. The molecule has 3 aromatic rings. The maximum Gasteiger partial charge on any atom is 0.149 e. The van der Waals surface area contributed by atoms with Crippen molar-refractivity contribution >= 4 is 28.2 Å². The topological polar surface area (TPSA) is 21.6 Å². The maximum absolute atomic E-state index is 13.8. The summed E-state index contributed by atoms with van der Waals surface area (Å²) in [5.74, 6) is -0.148. The van der Waals surface area contributed by atoms with Crippen molar-refractivity contribution in [1.82, 2.24) is 0 Å². The lowest BCUT2D eigenvalue weighted by Crippen LogP contribution is -2.28. The van der Waals surface area contributed by atoms with E-state index < -0.39 is 17.2 Å². The molecule has 3 aromatic carbocycles. The van der Waals surface area contributed by atoms with E-state index in [9.17, 15) is 8.78 Å². The molecule has 1 aliphatic rings. The fourth-order valence-electron chi connectivity index (χ4n) is 3.22. The Morgan fingerprint density at radius 3 is 2.52 bits per heavy atom. The number of halogens is 2. The van der Waals surface area contributed by atoms with Crippen molar-refractivity contribution in [3.63, 3.8) is 0 Å². The van der Waals surface area contributed by atoms with E-state index in [1.807, 2.05) is 19.1 Å². The van der Waals surface area contributed by atoms with Crippen LogP contribution in [-0.2, 0) is 10.6 Å². The summed E-state index contributed by atoms with van der Waals surface area (Å²) < 4.78 is 27.5. The summed E-state index contributed by atoms with van der Waals surface area (Å²) in [7, 11) is 0. The Hall–Kier alpha value is -2.40. The van der Waals surface area contributed by atoms with Gasteiger partial charge < -0.3 is 4.84 Å². The summed E-state index contributed by atoms with van der Waals surface area (Å²) >= 11 is 1.45. The zero-order valence-electron chi connectivity index (χ0n) is 14.9. The minimum atomic E-state index is -0.506. The molecule has 1 atom stereocenters. The molecule has 0 fully saturated rings. The Morgan fingerprint density at radius 1 is 1.00 bits per heavy atom. The van der Waals surface area contributed by atoms with Crippen molar-refractivity contribution in [2.24, 2.45) is 5.16 Å². The molecule has 27 heavy (non-hydrogen) atoms. The number of fused-ring (bicyclic) bond motifs is 1. The van der Waals surface area contributed by atoms with E-state index in [4.69, 9.17) is 4.84 Å². The fourth-order valence-corrected chi connectivity index (χ4v) is 4.39. The third kappa shape index (κ3) is 3.83. The highest BCUT2D eigenvalue weighted by Gasteiger charge is 2.35. The van der Waals surface area contributed by atoms with Crippen LogP contribution in [0.2, 0.25) is 0 Å². The van der Waals surface area contributed by atoms with E-state index in [2.05, 4.69) is 35.5 Å². The van der Waals surface area contributed by atoms with Crippen LogP contribution >= 0.6 is 11.8 Å². The monoisotopic (exact) mass is 383 g/mol. The first kappa shape index (κ1) is 18.0. The molecule has 0 aliphatic carbocycles. The Kier molecular flexibility index (Phi) is 4.87. The molecule has 2 nitrogen and oxygen atoms in total. The summed E-state index contributed by atoms with van der Waals surface area (Å²) in [5, 5.41) is 6.63. The summed E-state index contributed by atoms with van der Waals surface area (Å²) in [6.45, 7) is 1.98. The van der Waals surface area contributed by atoms with E-state index in [1.54, 1.807) is 0 Å². The Bertz CT molecular complexity index is 1000. The Morgan fingerprint density at radius 2 is 1.74 bits per heavy atom.